The largest absolute Gasteiger partial charge is 0.492 e. The van der Waals surface area contributed by atoms with Crippen LogP contribution in [-0.2, 0) is 9.53 Å². The van der Waals surface area contributed by atoms with Crippen molar-refractivity contribution < 1.29 is 23.8 Å². The number of carbonyl (C=O) groups is 2. The quantitative estimate of drug-likeness (QED) is 0.516. The lowest BCUT2D eigenvalue weighted by atomic mass is 10.1. The van der Waals surface area contributed by atoms with E-state index in [2.05, 4.69) is 10.3 Å². The lowest BCUT2D eigenvalue weighted by Crippen LogP contribution is -2.26. The van der Waals surface area contributed by atoms with Gasteiger partial charge in [0.25, 0.3) is 5.91 Å². The van der Waals surface area contributed by atoms with Gasteiger partial charge in [-0.05, 0) is 38.1 Å². The molecule has 0 radical (unpaired) electrons. The van der Waals surface area contributed by atoms with E-state index in [1.165, 1.54) is 6.20 Å². The van der Waals surface area contributed by atoms with E-state index in [0.29, 0.717) is 30.2 Å². The number of hydrogen-bond donors (Lipinski definition) is 1. The Morgan fingerprint density at radius 2 is 1.61 bits per heavy atom. The van der Waals surface area contributed by atoms with Crippen molar-refractivity contribution in [2.24, 2.45) is 0 Å². The van der Waals surface area contributed by atoms with Crippen LogP contribution in [0, 0.1) is 0 Å². The first-order chi connectivity index (χ1) is 15.1. The van der Waals surface area contributed by atoms with Gasteiger partial charge in [0, 0.05) is 11.8 Å². The minimum Gasteiger partial charge on any atom is -0.492 e. The van der Waals surface area contributed by atoms with Crippen molar-refractivity contribution in [3.63, 3.8) is 0 Å². The number of ether oxygens (including phenoxy) is 3. The van der Waals surface area contributed by atoms with Gasteiger partial charge in [-0.1, -0.05) is 42.5 Å². The van der Waals surface area contributed by atoms with Crippen LogP contribution in [0.2, 0.25) is 0 Å². The molecule has 1 aromatic heterocycles. The second-order valence-electron chi connectivity index (χ2n) is 6.40. The summed E-state index contributed by atoms with van der Waals surface area (Å²) in [6, 6.07) is 19.0. The lowest BCUT2D eigenvalue weighted by Gasteiger charge is -2.19. The van der Waals surface area contributed by atoms with E-state index in [9.17, 15) is 9.59 Å². The fourth-order valence-electron chi connectivity index (χ4n) is 2.92. The number of hydrogen-bond acceptors (Lipinski definition) is 6. The molecular weight excluding hydrogens is 396 g/mol. The molecule has 1 atom stereocenters. The molecule has 0 spiro atoms. The SMILES string of the molecule is CCOc1ccccc1NC(=O)[C@@H](OC(=O)c1cccnc1OCC)c1ccccc1. The average molecular weight is 420 g/mol. The average Bonchev–Trinajstić information content (AvgIpc) is 2.80. The molecule has 0 bridgehead atoms. The van der Waals surface area contributed by atoms with Crippen LogP contribution in [0.3, 0.4) is 0 Å². The van der Waals surface area contributed by atoms with Crippen molar-refractivity contribution >= 4 is 17.6 Å². The minimum absolute atomic E-state index is 0.146. The molecule has 0 saturated carbocycles. The topological polar surface area (TPSA) is 86.8 Å². The van der Waals surface area contributed by atoms with Crippen molar-refractivity contribution in [2.75, 3.05) is 18.5 Å². The number of carbonyl (C=O) groups excluding carboxylic acids is 2. The van der Waals surface area contributed by atoms with Gasteiger partial charge < -0.3 is 19.5 Å². The molecular formula is C24H24N2O5. The molecule has 1 heterocycles. The summed E-state index contributed by atoms with van der Waals surface area (Å²) in [6.45, 7) is 4.44. The second-order valence-corrected chi connectivity index (χ2v) is 6.40. The standard InChI is InChI=1S/C24H24N2O5/c1-3-29-20-15-9-8-14-19(20)26-22(27)21(17-11-6-5-7-12-17)31-24(28)18-13-10-16-25-23(18)30-4-2/h5-16,21H,3-4H2,1-2H3,(H,26,27)/t21-/m0/s1. The third kappa shape index (κ3) is 5.60. The molecule has 0 aliphatic rings. The summed E-state index contributed by atoms with van der Waals surface area (Å²) in [5, 5.41) is 2.80. The Kier molecular flexibility index (Phi) is 7.59. The summed E-state index contributed by atoms with van der Waals surface area (Å²) in [5.41, 5.74) is 1.17. The van der Waals surface area contributed by atoms with Crippen LogP contribution in [0.4, 0.5) is 5.69 Å². The van der Waals surface area contributed by atoms with Crippen LogP contribution in [-0.4, -0.2) is 30.1 Å². The van der Waals surface area contributed by atoms with Gasteiger partial charge in [0.1, 0.15) is 11.3 Å². The van der Waals surface area contributed by atoms with E-state index in [1.54, 1.807) is 61.5 Å². The van der Waals surface area contributed by atoms with Gasteiger partial charge in [-0.25, -0.2) is 9.78 Å². The first kappa shape index (κ1) is 21.8. The molecule has 1 amide bonds. The Morgan fingerprint density at radius 3 is 2.35 bits per heavy atom. The zero-order chi connectivity index (χ0) is 22.1. The molecule has 0 aliphatic carbocycles. The molecule has 3 aromatic rings. The highest BCUT2D eigenvalue weighted by molar-refractivity contribution is 5.99. The number of pyridine rings is 1. The van der Waals surface area contributed by atoms with E-state index in [0.717, 1.165) is 0 Å². The summed E-state index contributed by atoms with van der Waals surface area (Å²) in [5.74, 6) is -0.529. The molecule has 7 heteroatoms. The van der Waals surface area contributed by atoms with Crippen LogP contribution in [0.5, 0.6) is 11.6 Å². The monoisotopic (exact) mass is 420 g/mol. The van der Waals surface area contributed by atoms with Crippen molar-refractivity contribution in [2.45, 2.75) is 20.0 Å². The predicted octanol–water partition coefficient (Wildman–Crippen LogP) is 4.42. The predicted molar refractivity (Wildman–Crippen MR) is 116 cm³/mol. The van der Waals surface area contributed by atoms with E-state index in [-0.39, 0.29) is 11.4 Å². The molecule has 2 aromatic carbocycles. The van der Waals surface area contributed by atoms with Gasteiger partial charge in [0.05, 0.1) is 18.9 Å². The number of aromatic nitrogens is 1. The van der Waals surface area contributed by atoms with Crippen LogP contribution in [0.1, 0.15) is 35.9 Å². The van der Waals surface area contributed by atoms with Crippen LogP contribution in [0.25, 0.3) is 0 Å². The van der Waals surface area contributed by atoms with Crippen molar-refractivity contribution in [1.82, 2.24) is 4.98 Å². The van der Waals surface area contributed by atoms with Gasteiger partial charge >= 0.3 is 5.97 Å². The maximum absolute atomic E-state index is 13.2. The number of rotatable bonds is 9. The van der Waals surface area contributed by atoms with E-state index in [4.69, 9.17) is 14.2 Å². The van der Waals surface area contributed by atoms with E-state index in [1.807, 2.05) is 19.1 Å². The maximum Gasteiger partial charge on any atom is 0.344 e. The molecule has 1 N–H and O–H groups in total. The lowest BCUT2D eigenvalue weighted by molar-refractivity contribution is -0.125. The zero-order valence-corrected chi connectivity index (χ0v) is 17.4. The van der Waals surface area contributed by atoms with Gasteiger partial charge in [-0.2, -0.15) is 0 Å². The number of para-hydroxylation sites is 2. The van der Waals surface area contributed by atoms with Gasteiger partial charge in [0.15, 0.2) is 0 Å². The fraction of sp³-hybridized carbons (Fsp3) is 0.208. The number of nitrogens with zero attached hydrogens (tertiary/aromatic N) is 1. The molecule has 7 nitrogen and oxygen atoms in total. The number of benzene rings is 2. The molecule has 3 rings (SSSR count). The van der Waals surface area contributed by atoms with E-state index < -0.39 is 18.0 Å². The van der Waals surface area contributed by atoms with Crippen molar-refractivity contribution in [3.05, 3.63) is 84.1 Å². The Balaban J connectivity index is 1.88. The first-order valence-corrected chi connectivity index (χ1v) is 10.0. The third-order valence-corrected chi connectivity index (χ3v) is 4.28. The first-order valence-electron chi connectivity index (χ1n) is 10.0. The second kappa shape index (κ2) is 10.8. The Morgan fingerprint density at radius 1 is 0.903 bits per heavy atom. The smallest absolute Gasteiger partial charge is 0.344 e. The number of anilines is 1. The van der Waals surface area contributed by atoms with Crippen molar-refractivity contribution in [3.8, 4) is 11.6 Å². The number of esters is 1. The number of nitrogens with one attached hydrogen (secondary N) is 1. The highest BCUT2D eigenvalue weighted by Gasteiger charge is 2.28. The van der Waals surface area contributed by atoms with Gasteiger partial charge in [-0.15, -0.1) is 0 Å². The van der Waals surface area contributed by atoms with Crippen molar-refractivity contribution in [1.29, 1.82) is 0 Å². The maximum atomic E-state index is 13.2. The summed E-state index contributed by atoms with van der Waals surface area (Å²) in [4.78, 5) is 30.1. The summed E-state index contributed by atoms with van der Waals surface area (Å²) in [7, 11) is 0. The van der Waals surface area contributed by atoms with Crippen LogP contribution < -0.4 is 14.8 Å². The Bertz CT molecular complexity index is 1020. The molecule has 31 heavy (non-hydrogen) atoms. The molecule has 0 saturated heterocycles. The molecule has 0 unspecified atom stereocenters. The zero-order valence-electron chi connectivity index (χ0n) is 17.4. The Labute approximate surface area is 181 Å². The number of amides is 1. The fourth-order valence-corrected chi connectivity index (χ4v) is 2.92. The summed E-state index contributed by atoms with van der Waals surface area (Å²) >= 11 is 0. The molecule has 0 fully saturated rings. The van der Waals surface area contributed by atoms with Gasteiger partial charge in [0.2, 0.25) is 12.0 Å². The van der Waals surface area contributed by atoms with E-state index >= 15 is 0 Å². The third-order valence-electron chi connectivity index (χ3n) is 4.28. The molecule has 0 aliphatic heterocycles. The highest BCUT2D eigenvalue weighted by Crippen LogP contribution is 2.28. The molecule has 160 valence electrons. The van der Waals surface area contributed by atoms with Crippen LogP contribution in [0.15, 0.2) is 72.9 Å². The van der Waals surface area contributed by atoms with Gasteiger partial charge in [-0.3, -0.25) is 4.79 Å². The highest BCUT2D eigenvalue weighted by atomic mass is 16.6. The normalized spacial score (nSPS) is 11.3. The van der Waals surface area contributed by atoms with Crippen LogP contribution >= 0.6 is 0 Å². The minimum atomic E-state index is -1.18. The summed E-state index contributed by atoms with van der Waals surface area (Å²) in [6.07, 6.45) is 0.339. The summed E-state index contributed by atoms with van der Waals surface area (Å²) < 4.78 is 16.6. The Hall–Kier alpha value is -3.87.